The van der Waals surface area contributed by atoms with E-state index >= 15 is 0 Å². The van der Waals surface area contributed by atoms with Crippen LogP contribution in [-0.4, -0.2) is 47.8 Å². The van der Waals surface area contributed by atoms with Crippen LogP contribution < -0.4 is 0 Å². The Kier molecular flexibility index (Phi) is 5.38. The summed E-state index contributed by atoms with van der Waals surface area (Å²) in [5.41, 5.74) is 1.08. The van der Waals surface area contributed by atoms with Gasteiger partial charge < -0.3 is 9.15 Å². The second kappa shape index (κ2) is 7.72. The number of benzene rings is 1. The summed E-state index contributed by atoms with van der Waals surface area (Å²) >= 11 is 0. The highest BCUT2D eigenvalue weighted by Gasteiger charge is 2.22. The van der Waals surface area contributed by atoms with Crippen molar-refractivity contribution in [2.24, 2.45) is 0 Å². The lowest BCUT2D eigenvalue weighted by Crippen LogP contribution is -2.21. The Labute approximate surface area is 156 Å². The van der Waals surface area contributed by atoms with Gasteiger partial charge in [-0.1, -0.05) is 35.5 Å². The molecule has 0 amide bonds. The molecule has 27 heavy (non-hydrogen) atoms. The number of carbonyl (C=O) groups is 1. The van der Waals surface area contributed by atoms with Crippen molar-refractivity contribution < 1.29 is 22.4 Å². The lowest BCUT2D eigenvalue weighted by Gasteiger charge is -2.07. The normalized spacial score (nSPS) is 11.7. The van der Waals surface area contributed by atoms with Crippen LogP contribution in [0.15, 0.2) is 58.2 Å². The molecule has 0 saturated heterocycles. The van der Waals surface area contributed by atoms with Crippen LogP contribution in [0.1, 0.15) is 21.8 Å². The van der Waals surface area contributed by atoms with Crippen molar-refractivity contribution in [3.63, 3.8) is 0 Å². The molecular formula is C17H18N4O5S. The summed E-state index contributed by atoms with van der Waals surface area (Å²) < 4.78 is 36.8. The zero-order valence-electron chi connectivity index (χ0n) is 14.8. The average molecular weight is 390 g/mol. The summed E-state index contributed by atoms with van der Waals surface area (Å²) in [6, 6.07) is 12.4. The maximum atomic E-state index is 12.1. The Hall–Kier alpha value is -2.98. The van der Waals surface area contributed by atoms with Gasteiger partial charge >= 0.3 is 5.97 Å². The van der Waals surface area contributed by atoms with Crippen LogP contribution >= 0.6 is 0 Å². The van der Waals surface area contributed by atoms with Crippen LogP contribution in [0.4, 0.5) is 0 Å². The Morgan fingerprint density at radius 2 is 1.93 bits per heavy atom. The summed E-state index contributed by atoms with van der Waals surface area (Å²) in [5.74, 6) is -0.469. The predicted molar refractivity (Wildman–Crippen MR) is 94.3 cm³/mol. The summed E-state index contributed by atoms with van der Waals surface area (Å²) in [4.78, 5) is 12.1. The molecule has 0 radical (unpaired) electrons. The van der Waals surface area contributed by atoms with Crippen molar-refractivity contribution in [2.45, 2.75) is 18.2 Å². The standard InChI is InChI=1S/C17H18N4O5S/c1-20(2)27(23,24)16-9-8-14(26-16)12-25-17(22)15-11-21(19-18-15)10-13-6-4-3-5-7-13/h3-9,11H,10,12H2,1-2H3. The van der Waals surface area contributed by atoms with E-state index in [9.17, 15) is 13.2 Å². The molecule has 0 fully saturated rings. The van der Waals surface area contributed by atoms with Crippen molar-refractivity contribution in [3.05, 3.63) is 65.7 Å². The molecule has 0 unspecified atom stereocenters. The van der Waals surface area contributed by atoms with Crippen molar-refractivity contribution in [1.29, 1.82) is 0 Å². The smallest absolute Gasteiger partial charge is 0.360 e. The fraction of sp³-hybridized carbons (Fsp3) is 0.235. The Bertz CT molecular complexity index is 1020. The molecule has 9 nitrogen and oxygen atoms in total. The van der Waals surface area contributed by atoms with Gasteiger partial charge in [-0.3, -0.25) is 0 Å². The van der Waals surface area contributed by atoms with Crippen molar-refractivity contribution >= 4 is 16.0 Å². The summed E-state index contributed by atoms with van der Waals surface area (Å²) in [6.07, 6.45) is 1.49. The van der Waals surface area contributed by atoms with E-state index in [1.165, 1.54) is 37.1 Å². The largest absolute Gasteiger partial charge is 0.453 e. The summed E-state index contributed by atoms with van der Waals surface area (Å²) in [5, 5.41) is 7.48. The highest BCUT2D eigenvalue weighted by atomic mass is 32.2. The van der Waals surface area contributed by atoms with Crippen molar-refractivity contribution in [3.8, 4) is 0 Å². The average Bonchev–Trinajstić information content (AvgIpc) is 3.30. The van der Waals surface area contributed by atoms with E-state index in [2.05, 4.69) is 10.3 Å². The first-order valence-corrected chi connectivity index (χ1v) is 9.42. The molecule has 2 aromatic heterocycles. The molecule has 0 aliphatic rings. The van der Waals surface area contributed by atoms with Crippen molar-refractivity contribution in [2.75, 3.05) is 14.1 Å². The topological polar surface area (TPSA) is 108 Å². The molecule has 0 spiro atoms. The highest BCUT2D eigenvalue weighted by Crippen LogP contribution is 2.17. The minimum Gasteiger partial charge on any atom is -0.453 e. The van der Waals surface area contributed by atoms with Crippen LogP contribution in [0.25, 0.3) is 0 Å². The van der Waals surface area contributed by atoms with Gasteiger partial charge in [0.25, 0.3) is 10.0 Å². The summed E-state index contributed by atoms with van der Waals surface area (Å²) in [6.45, 7) is 0.262. The minimum absolute atomic E-state index is 0.0543. The quantitative estimate of drug-likeness (QED) is 0.563. The van der Waals surface area contributed by atoms with Gasteiger partial charge in [0.05, 0.1) is 12.7 Å². The number of hydrogen-bond donors (Lipinski definition) is 0. The molecular weight excluding hydrogens is 372 g/mol. The fourth-order valence-electron chi connectivity index (χ4n) is 2.20. The molecule has 0 N–H and O–H groups in total. The maximum Gasteiger partial charge on any atom is 0.360 e. The highest BCUT2D eigenvalue weighted by molar-refractivity contribution is 7.88. The minimum atomic E-state index is -3.67. The molecule has 0 saturated carbocycles. The molecule has 3 aromatic rings. The monoisotopic (exact) mass is 390 g/mol. The van der Waals surface area contributed by atoms with Crippen LogP contribution in [-0.2, 0) is 27.9 Å². The number of hydrogen-bond acceptors (Lipinski definition) is 7. The van der Waals surface area contributed by atoms with Crippen LogP contribution in [0, 0.1) is 0 Å². The molecule has 2 heterocycles. The van der Waals surface area contributed by atoms with E-state index in [0.29, 0.717) is 6.54 Å². The number of nitrogens with zero attached hydrogens (tertiary/aromatic N) is 4. The Morgan fingerprint density at radius 3 is 2.63 bits per heavy atom. The van der Waals surface area contributed by atoms with Gasteiger partial charge in [0.15, 0.2) is 5.69 Å². The maximum absolute atomic E-state index is 12.1. The fourth-order valence-corrected chi connectivity index (χ4v) is 3.02. The lowest BCUT2D eigenvalue weighted by molar-refractivity contribution is 0.0433. The third-order valence-electron chi connectivity index (χ3n) is 3.65. The molecule has 1 aromatic carbocycles. The number of furan rings is 1. The summed E-state index contributed by atoms with van der Waals surface area (Å²) in [7, 11) is -0.874. The van der Waals surface area contributed by atoms with E-state index in [-0.39, 0.29) is 23.2 Å². The van der Waals surface area contributed by atoms with E-state index < -0.39 is 16.0 Å². The van der Waals surface area contributed by atoms with E-state index in [0.717, 1.165) is 9.87 Å². The van der Waals surface area contributed by atoms with Gasteiger partial charge in [-0.25, -0.2) is 22.2 Å². The first-order valence-electron chi connectivity index (χ1n) is 7.98. The van der Waals surface area contributed by atoms with E-state index in [1.54, 1.807) is 0 Å². The molecule has 142 valence electrons. The van der Waals surface area contributed by atoms with Gasteiger partial charge in [0, 0.05) is 14.1 Å². The zero-order chi connectivity index (χ0) is 19.4. The Balaban J connectivity index is 1.60. The van der Waals surface area contributed by atoms with Crippen LogP contribution in [0.2, 0.25) is 0 Å². The number of ether oxygens (including phenoxy) is 1. The number of aromatic nitrogens is 3. The Morgan fingerprint density at radius 1 is 1.19 bits per heavy atom. The lowest BCUT2D eigenvalue weighted by atomic mass is 10.2. The van der Waals surface area contributed by atoms with E-state index in [4.69, 9.17) is 9.15 Å². The molecule has 3 rings (SSSR count). The molecule has 0 bridgehead atoms. The predicted octanol–water partition coefficient (Wildman–Crippen LogP) is 1.53. The second-order valence-corrected chi connectivity index (χ2v) is 7.95. The molecule has 0 atom stereocenters. The van der Waals surface area contributed by atoms with Crippen LogP contribution in [0.3, 0.4) is 0 Å². The number of carbonyl (C=O) groups excluding carboxylic acids is 1. The van der Waals surface area contributed by atoms with Gasteiger partial charge in [-0.2, -0.15) is 0 Å². The third-order valence-corrected chi connectivity index (χ3v) is 5.34. The number of sulfonamides is 1. The number of esters is 1. The second-order valence-electron chi connectivity index (χ2n) is 5.87. The number of rotatable bonds is 7. The van der Waals surface area contributed by atoms with Gasteiger partial charge in [0.2, 0.25) is 5.09 Å². The third kappa shape index (κ3) is 4.41. The van der Waals surface area contributed by atoms with Crippen molar-refractivity contribution in [1.82, 2.24) is 19.3 Å². The van der Waals surface area contributed by atoms with Gasteiger partial charge in [0.1, 0.15) is 12.4 Å². The first kappa shape index (κ1) is 18.8. The molecule has 0 aliphatic carbocycles. The first-order chi connectivity index (χ1) is 12.9. The van der Waals surface area contributed by atoms with Gasteiger partial charge in [-0.15, -0.1) is 5.10 Å². The zero-order valence-corrected chi connectivity index (χ0v) is 15.6. The SMILES string of the molecule is CN(C)S(=O)(=O)c1ccc(COC(=O)c2cn(Cc3ccccc3)nn2)o1. The molecule has 0 aliphatic heterocycles. The van der Waals surface area contributed by atoms with Gasteiger partial charge in [-0.05, 0) is 17.7 Å². The van der Waals surface area contributed by atoms with E-state index in [1.807, 2.05) is 30.3 Å². The van der Waals surface area contributed by atoms with Crippen LogP contribution in [0.5, 0.6) is 0 Å². The molecule has 10 heteroatoms.